The Labute approximate surface area is 143 Å². The number of piperazine rings is 1. The molecule has 1 unspecified atom stereocenters. The quantitative estimate of drug-likeness (QED) is 0.692. The van der Waals surface area contributed by atoms with Crippen molar-refractivity contribution in [2.24, 2.45) is 0 Å². The van der Waals surface area contributed by atoms with Gasteiger partial charge in [0.15, 0.2) is 0 Å². The van der Waals surface area contributed by atoms with Crippen molar-refractivity contribution in [3.05, 3.63) is 22.7 Å². The third-order valence-corrected chi connectivity index (χ3v) is 4.15. The normalized spacial score (nSPS) is 20.5. The zero-order valence-corrected chi connectivity index (χ0v) is 14.9. The first kappa shape index (κ1) is 16.1. The maximum Gasteiger partial charge on any atom is 0.410 e. The molecule has 2 aliphatic heterocycles. The molecule has 0 radical (unpaired) electrons. The summed E-state index contributed by atoms with van der Waals surface area (Å²) >= 11 is 3.40. The number of benzene rings is 1. The van der Waals surface area contributed by atoms with Crippen molar-refractivity contribution < 1.29 is 19.1 Å². The van der Waals surface area contributed by atoms with Crippen molar-refractivity contribution >= 4 is 33.6 Å². The van der Waals surface area contributed by atoms with Crippen LogP contribution in [0.3, 0.4) is 0 Å². The molecule has 0 spiro atoms. The van der Waals surface area contributed by atoms with E-state index in [-0.39, 0.29) is 18.5 Å². The second kappa shape index (κ2) is 5.70. The van der Waals surface area contributed by atoms with E-state index in [1.807, 2.05) is 18.2 Å². The Morgan fingerprint density at radius 2 is 2.13 bits per heavy atom. The lowest BCUT2D eigenvalue weighted by molar-refractivity contribution is -0.122. The fourth-order valence-corrected chi connectivity index (χ4v) is 3.10. The number of fused-ring (bicyclic) bond motifs is 3. The van der Waals surface area contributed by atoms with Crippen LogP contribution in [0.1, 0.15) is 20.8 Å². The summed E-state index contributed by atoms with van der Waals surface area (Å²) < 4.78 is 12.0. The second-order valence-electron chi connectivity index (χ2n) is 6.70. The van der Waals surface area contributed by atoms with E-state index in [4.69, 9.17) is 9.47 Å². The summed E-state index contributed by atoms with van der Waals surface area (Å²) in [6, 6.07) is 5.38. The number of rotatable bonds is 0. The first-order valence-electron chi connectivity index (χ1n) is 7.47. The first-order valence-corrected chi connectivity index (χ1v) is 8.26. The van der Waals surface area contributed by atoms with E-state index in [0.29, 0.717) is 18.9 Å². The van der Waals surface area contributed by atoms with Gasteiger partial charge >= 0.3 is 6.09 Å². The molecule has 6 nitrogen and oxygen atoms in total. The molecular formula is C16H19BrN2O4. The third-order valence-electron chi connectivity index (χ3n) is 3.66. The van der Waals surface area contributed by atoms with Gasteiger partial charge in [-0.2, -0.15) is 0 Å². The molecule has 1 fully saturated rings. The first-order chi connectivity index (χ1) is 10.7. The zero-order chi connectivity index (χ0) is 16.8. The van der Waals surface area contributed by atoms with Crippen molar-refractivity contribution in [3.8, 4) is 5.75 Å². The van der Waals surface area contributed by atoms with Crippen LogP contribution in [0.5, 0.6) is 5.75 Å². The number of nitrogens with zero attached hydrogens (tertiary/aromatic N) is 2. The molecule has 1 saturated heterocycles. The van der Waals surface area contributed by atoms with Gasteiger partial charge < -0.3 is 9.47 Å². The molecule has 0 saturated carbocycles. The minimum atomic E-state index is -0.584. The van der Waals surface area contributed by atoms with Crippen molar-refractivity contribution in [3.63, 3.8) is 0 Å². The Balaban J connectivity index is 1.80. The van der Waals surface area contributed by atoms with E-state index in [9.17, 15) is 9.59 Å². The smallest absolute Gasteiger partial charge is 0.410 e. The monoisotopic (exact) mass is 382 g/mol. The van der Waals surface area contributed by atoms with E-state index in [0.717, 1.165) is 10.2 Å². The summed E-state index contributed by atoms with van der Waals surface area (Å²) in [6.45, 7) is 6.19. The molecule has 0 aromatic heterocycles. The Morgan fingerprint density at radius 3 is 2.83 bits per heavy atom. The van der Waals surface area contributed by atoms with Gasteiger partial charge in [-0.15, -0.1) is 0 Å². The number of halogens is 1. The zero-order valence-electron chi connectivity index (χ0n) is 13.3. The Hall–Kier alpha value is -1.76. The van der Waals surface area contributed by atoms with Crippen LogP contribution in [-0.4, -0.2) is 48.2 Å². The highest BCUT2D eigenvalue weighted by Crippen LogP contribution is 2.37. The maximum atomic E-state index is 12.6. The fraction of sp³-hybridized carbons (Fsp3) is 0.500. The van der Waals surface area contributed by atoms with Gasteiger partial charge in [-0.25, -0.2) is 4.79 Å². The van der Waals surface area contributed by atoms with Crippen LogP contribution in [-0.2, 0) is 9.53 Å². The topological polar surface area (TPSA) is 59.1 Å². The van der Waals surface area contributed by atoms with Crippen LogP contribution >= 0.6 is 15.9 Å². The predicted octanol–water partition coefficient (Wildman–Crippen LogP) is 2.79. The summed E-state index contributed by atoms with van der Waals surface area (Å²) in [6.07, 6.45) is -0.466. The van der Waals surface area contributed by atoms with Crippen molar-refractivity contribution in [2.75, 3.05) is 24.6 Å². The number of carbonyl (C=O) groups is 2. The molecule has 2 heterocycles. The highest BCUT2D eigenvalue weighted by Gasteiger charge is 2.40. The molecule has 1 aromatic carbocycles. The fourth-order valence-electron chi connectivity index (χ4n) is 2.76. The largest absolute Gasteiger partial charge is 0.489 e. The lowest BCUT2D eigenvalue weighted by Gasteiger charge is -2.43. The third kappa shape index (κ3) is 3.29. The molecule has 1 aromatic rings. The average molecular weight is 383 g/mol. The van der Waals surface area contributed by atoms with E-state index in [1.54, 1.807) is 25.7 Å². The van der Waals surface area contributed by atoms with Crippen molar-refractivity contribution in [1.29, 1.82) is 0 Å². The lowest BCUT2D eigenvalue weighted by atomic mass is 10.1. The maximum absolute atomic E-state index is 12.6. The molecule has 0 N–H and O–H groups in total. The minimum absolute atomic E-state index is 0.0148. The van der Waals surface area contributed by atoms with Crippen LogP contribution in [0, 0.1) is 0 Å². The summed E-state index contributed by atoms with van der Waals surface area (Å²) in [5.74, 6) is 0.550. The molecule has 0 bridgehead atoms. The van der Waals surface area contributed by atoms with Crippen molar-refractivity contribution in [1.82, 2.24) is 4.90 Å². The molecule has 3 rings (SSSR count). The SMILES string of the molecule is CC(C)(C)OC(=O)N1CC(=O)N2c3ccc(Br)cc3OCC2C1. The number of hydrogen-bond donors (Lipinski definition) is 0. The van der Waals surface area contributed by atoms with Crippen LogP contribution < -0.4 is 9.64 Å². The van der Waals surface area contributed by atoms with Gasteiger partial charge in [0.25, 0.3) is 0 Å². The van der Waals surface area contributed by atoms with Gasteiger partial charge in [0, 0.05) is 11.0 Å². The molecule has 124 valence electrons. The molecule has 23 heavy (non-hydrogen) atoms. The molecule has 0 aliphatic carbocycles. The Morgan fingerprint density at radius 1 is 1.39 bits per heavy atom. The predicted molar refractivity (Wildman–Crippen MR) is 88.7 cm³/mol. The second-order valence-corrected chi connectivity index (χ2v) is 7.62. The van der Waals surface area contributed by atoms with E-state index >= 15 is 0 Å². The molecule has 2 amide bonds. The Bertz CT molecular complexity index is 656. The van der Waals surface area contributed by atoms with E-state index < -0.39 is 11.7 Å². The molecular weight excluding hydrogens is 364 g/mol. The highest BCUT2D eigenvalue weighted by atomic mass is 79.9. The number of ether oxygens (including phenoxy) is 2. The van der Waals surface area contributed by atoms with Gasteiger partial charge in [0.2, 0.25) is 5.91 Å². The summed E-state index contributed by atoms with van der Waals surface area (Å²) in [5.41, 5.74) is 0.164. The highest BCUT2D eigenvalue weighted by molar-refractivity contribution is 9.10. The van der Waals surface area contributed by atoms with Crippen LogP contribution in [0.4, 0.5) is 10.5 Å². The van der Waals surface area contributed by atoms with E-state index in [2.05, 4.69) is 15.9 Å². The molecule has 2 aliphatic rings. The average Bonchev–Trinajstić information content (AvgIpc) is 2.44. The summed E-state index contributed by atoms with van der Waals surface area (Å²) in [4.78, 5) is 28.0. The van der Waals surface area contributed by atoms with Gasteiger partial charge in [-0.3, -0.25) is 14.6 Å². The van der Waals surface area contributed by atoms with Gasteiger partial charge in [0.1, 0.15) is 24.5 Å². The van der Waals surface area contributed by atoms with Gasteiger partial charge in [-0.1, -0.05) is 15.9 Å². The summed E-state index contributed by atoms with van der Waals surface area (Å²) in [7, 11) is 0. The van der Waals surface area contributed by atoms with Crippen LogP contribution in [0.25, 0.3) is 0 Å². The van der Waals surface area contributed by atoms with Crippen molar-refractivity contribution in [2.45, 2.75) is 32.4 Å². The molecule has 1 atom stereocenters. The standard InChI is InChI=1S/C16H19BrN2O4/c1-16(2,3)23-15(21)18-7-11-9-22-13-6-10(17)4-5-12(13)19(11)14(20)8-18/h4-6,11H,7-9H2,1-3H3. The number of amides is 2. The van der Waals surface area contributed by atoms with Gasteiger partial charge in [0.05, 0.1) is 11.7 Å². The van der Waals surface area contributed by atoms with Crippen LogP contribution in [0.2, 0.25) is 0 Å². The number of carbonyl (C=O) groups excluding carboxylic acids is 2. The van der Waals surface area contributed by atoms with E-state index in [1.165, 1.54) is 4.90 Å². The Kier molecular flexibility index (Phi) is 4.00. The molecule has 7 heteroatoms. The lowest BCUT2D eigenvalue weighted by Crippen LogP contribution is -2.61. The summed E-state index contributed by atoms with van der Waals surface area (Å²) in [5, 5.41) is 0. The minimum Gasteiger partial charge on any atom is -0.489 e. The number of anilines is 1. The van der Waals surface area contributed by atoms with Crippen LogP contribution in [0.15, 0.2) is 22.7 Å². The number of hydrogen-bond acceptors (Lipinski definition) is 4. The van der Waals surface area contributed by atoms with Gasteiger partial charge in [-0.05, 0) is 39.0 Å².